The number of ether oxygens (including phenoxy) is 2. The topological polar surface area (TPSA) is 83.5 Å². The number of methoxy groups -OCH3 is 2. The van der Waals surface area contributed by atoms with Gasteiger partial charge < -0.3 is 19.7 Å². The number of nitrogens with zero attached hydrogens (tertiary/aromatic N) is 3. The molecule has 0 amide bonds. The van der Waals surface area contributed by atoms with Gasteiger partial charge in [0.15, 0.2) is 17.5 Å². The predicted octanol–water partition coefficient (Wildman–Crippen LogP) is 2.32. The summed E-state index contributed by atoms with van der Waals surface area (Å²) in [6, 6.07) is 4.09. The maximum absolute atomic E-state index is 11.8. The maximum Gasteiger partial charge on any atom is 0.213 e. The lowest BCUT2D eigenvalue weighted by Gasteiger charge is -2.32. The summed E-state index contributed by atoms with van der Waals surface area (Å²) in [6.45, 7) is 7.12. The largest absolute Gasteiger partial charge is 0.493 e. The minimum Gasteiger partial charge on any atom is -0.493 e. The number of rotatable bonds is 9. The molecule has 1 aliphatic heterocycles. The van der Waals surface area contributed by atoms with Crippen LogP contribution >= 0.6 is 24.0 Å². The Morgan fingerprint density at radius 2 is 1.83 bits per heavy atom. The Kier molecular flexibility index (Phi) is 11.2. The Hall–Kier alpha value is -1.27. The van der Waals surface area contributed by atoms with Crippen molar-refractivity contribution in [1.82, 2.24) is 14.5 Å². The molecular weight excluding hydrogens is 519 g/mol. The summed E-state index contributed by atoms with van der Waals surface area (Å²) in [6.07, 6.45) is 1.58. The highest BCUT2D eigenvalue weighted by atomic mass is 127. The number of nitrogens with one attached hydrogen (secondary N) is 1. The van der Waals surface area contributed by atoms with Gasteiger partial charge in [-0.05, 0) is 49.9 Å². The van der Waals surface area contributed by atoms with E-state index >= 15 is 0 Å². The number of benzene rings is 1. The van der Waals surface area contributed by atoms with Gasteiger partial charge >= 0.3 is 0 Å². The normalized spacial score (nSPS) is 14.2. The molecule has 1 N–H and O–H groups in total. The minimum absolute atomic E-state index is 0. The van der Waals surface area contributed by atoms with Crippen LogP contribution < -0.4 is 14.8 Å². The number of fused-ring (bicyclic) bond motifs is 1. The van der Waals surface area contributed by atoms with Crippen LogP contribution in [0.2, 0.25) is 0 Å². The van der Waals surface area contributed by atoms with Gasteiger partial charge in [-0.25, -0.2) is 12.7 Å². The first-order chi connectivity index (χ1) is 13.9. The standard InChI is InChI=1S/C20H34N4O4S.HI/c1-6-21-20(22-10-8-11-23(3)29(25,26)7-2)24-12-9-16-13-18(27-4)19(28-5)14-17(16)15-24;/h13-14H,6-12,15H2,1-5H3,(H,21,22);1H. The van der Waals surface area contributed by atoms with Crippen molar-refractivity contribution in [3.05, 3.63) is 23.3 Å². The fourth-order valence-electron chi connectivity index (χ4n) is 3.33. The van der Waals surface area contributed by atoms with Gasteiger partial charge in [-0.15, -0.1) is 24.0 Å². The molecule has 1 aromatic rings. The van der Waals surface area contributed by atoms with Crippen LogP contribution in [0.15, 0.2) is 17.1 Å². The zero-order chi connectivity index (χ0) is 21.4. The van der Waals surface area contributed by atoms with E-state index in [-0.39, 0.29) is 29.7 Å². The molecule has 1 aliphatic rings. The highest BCUT2D eigenvalue weighted by Crippen LogP contribution is 2.33. The Labute approximate surface area is 198 Å². The van der Waals surface area contributed by atoms with Crippen LogP contribution in [-0.4, -0.2) is 76.8 Å². The molecule has 10 heteroatoms. The molecule has 0 aromatic heterocycles. The quantitative estimate of drug-likeness (QED) is 0.219. The fraction of sp³-hybridized carbons (Fsp3) is 0.650. The third-order valence-electron chi connectivity index (χ3n) is 5.08. The third-order valence-corrected chi connectivity index (χ3v) is 6.95. The van der Waals surface area contributed by atoms with Crippen LogP contribution in [0.1, 0.15) is 31.4 Å². The second kappa shape index (κ2) is 12.6. The Bertz CT molecular complexity index is 817. The predicted molar refractivity (Wildman–Crippen MR) is 132 cm³/mol. The molecule has 8 nitrogen and oxygen atoms in total. The molecule has 30 heavy (non-hydrogen) atoms. The van der Waals surface area contributed by atoms with Crippen molar-refractivity contribution < 1.29 is 17.9 Å². The summed E-state index contributed by atoms with van der Waals surface area (Å²) in [5.41, 5.74) is 2.47. The lowest BCUT2D eigenvalue weighted by Crippen LogP contribution is -2.44. The average Bonchev–Trinajstić information content (AvgIpc) is 2.74. The highest BCUT2D eigenvalue weighted by molar-refractivity contribution is 14.0. The average molecular weight is 554 g/mol. The molecule has 0 unspecified atom stereocenters. The van der Waals surface area contributed by atoms with Gasteiger partial charge in [-0.2, -0.15) is 0 Å². The first-order valence-electron chi connectivity index (χ1n) is 10.1. The van der Waals surface area contributed by atoms with Gasteiger partial charge in [0, 0.05) is 39.8 Å². The lowest BCUT2D eigenvalue weighted by atomic mass is 9.99. The number of aliphatic imine (C=N–C) groups is 1. The molecule has 1 aromatic carbocycles. The van der Waals surface area contributed by atoms with Gasteiger partial charge in [0.05, 0.1) is 20.0 Å². The van der Waals surface area contributed by atoms with E-state index in [0.29, 0.717) is 19.5 Å². The van der Waals surface area contributed by atoms with Gasteiger partial charge in [-0.1, -0.05) is 0 Å². The molecule has 1 heterocycles. The van der Waals surface area contributed by atoms with Crippen molar-refractivity contribution in [2.24, 2.45) is 4.99 Å². The van der Waals surface area contributed by atoms with E-state index in [1.165, 1.54) is 15.4 Å². The first-order valence-corrected chi connectivity index (χ1v) is 11.7. The lowest BCUT2D eigenvalue weighted by molar-refractivity contribution is 0.346. The van der Waals surface area contributed by atoms with E-state index in [0.717, 1.165) is 43.5 Å². The fourth-order valence-corrected chi connectivity index (χ4v) is 4.18. The van der Waals surface area contributed by atoms with Crippen LogP contribution in [0.25, 0.3) is 0 Å². The summed E-state index contributed by atoms with van der Waals surface area (Å²) in [4.78, 5) is 6.95. The Morgan fingerprint density at radius 3 is 2.40 bits per heavy atom. The Balaban J connectivity index is 0.00000450. The van der Waals surface area contributed by atoms with Gasteiger partial charge in [0.1, 0.15) is 0 Å². The number of hydrogen-bond donors (Lipinski definition) is 1. The van der Waals surface area contributed by atoms with Crippen LogP contribution in [0.5, 0.6) is 11.5 Å². The molecule has 0 saturated heterocycles. The van der Waals surface area contributed by atoms with Crippen LogP contribution in [-0.2, 0) is 23.0 Å². The molecule has 0 aliphatic carbocycles. The van der Waals surface area contributed by atoms with E-state index in [2.05, 4.69) is 16.3 Å². The van der Waals surface area contributed by atoms with Crippen molar-refractivity contribution in [3.8, 4) is 11.5 Å². The van der Waals surface area contributed by atoms with Gasteiger partial charge in [0.25, 0.3) is 0 Å². The van der Waals surface area contributed by atoms with E-state index in [9.17, 15) is 8.42 Å². The molecule has 172 valence electrons. The van der Waals surface area contributed by atoms with Crippen LogP contribution in [0.3, 0.4) is 0 Å². The summed E-state index contributed by atoms with van der Waals surface area (Å²) in [5, 5.41) is 3.35. The monoisotopic (exact) mass is 554 g/mol. The molecule has 2 rings (SSSR count). The summed E-state index contributed by atoms with van der Waals surface area (Å²) >= 11 is 0. The summed E-state index contributed by atoms with van der Waals surface area (Å²) in [5.74, 6) is 2.46. The van der Waals surface area contributed by atoms with Gasteiger partial charge in [0.2, 0.25) is 10.0 Å². The zero-order valence-electron chi connectivity index (χ0n) is 18.6. The second-order valence-corrected chi connectivity index (χ2v) is 9.32. The van der Waals surface area contributed by atoms with Crippen molar-refractivity contribution in [2.45, 2.75) is 33.2 Å². The van der Waals surface area contributed by atoms with E-state index in [1.807, 2.05) is 13.0 Å². The third kappa shape index (κ3) is 6.88. The highest BCUT2D eigenvalue weighted by Gasteiger charge is 2.21. The van der Waals surface area contributed by atoms with E-state index in [4.69, 9.17) is 14.5 Å². The second-order valence-electron chi connectivity index (χ2n) is 6.96. The molecule has 0 fully saturated rings. The smallest absolute Gasteiger partial charge is 0.213 e. The SMILES string of the molecule is CCNC(=NCCCN(C)S(=O)(=O)CC)N1CCc2cc(OC)c(OC)cc2C1.I. The minimum atomic E-state index is -3.14. The molecular formula is C20H35IN4O4S. The number of sulfonamides is 1. The van der Waals surface area contributed by atoms with Crippen LogP contribution in [0.4, 0.5) is 0 Å². The number of hydrogen-bond acceptors (Lipinski definition) is 5. The number of halogens is 1. The van der Waals surface area contributed by atoms with Crippen molar-refractivity contribution >= 4 is 40.0 Å². The first kappa shape index (κ1) is 26.8. The zero-order valence-corrected chi connectivity index (χ0v) is 21.7. The van der Waals surface area contributed by atoms with Crippen molar-refractivity contribution in [1.29, 1.82) is 0 Å². The maximum atomic E-state index is 11.8. The van der Waals surface area contributed by atoms with Crippen LogP contribution in [0, 0.1) is 0 Å². The molecule has 0 bridgehead atoms. The molecule has 0 spiro atoms. The molecule has 0 saturated carbocycles. The van der Waals surface area contributed by atoms with E-state index in [1.54, 1.807) is 28.2 Å². The summed E-state index contributed by atoms with van der Waals surface area (Å²) < 4.78 is 35.9. The van der Waals surface area contributed by atoms with Crippen molar-refractivity contribution in [3.63, 3.8) is 0 Å². The summed E-state index contributed by atoms with van der Waals surface area (Å²) in [7, 11) is 1.78. The number of guanidine groups is 1. The Morgan fingerprint density at radius 1 is 1.20 bits per heavy atom. The van der Waals surface area contributed by atoms with Crippen molar-refractivity contribution in [2.75, 3.05) is 53.2 Å². The van der Waals surface area contributed by atoms with Gasteiger partial charge in [-0.3, -0.25) is 4.99 Å². The molecule has 0 radical (unpaired) electrons. The molecule has 0 atom stereocenters. The van der Waals surface area contributed by atoms with E-state index < -0.39 is 10.0 Å².